The first-order valence-electron chi connectivity index (χ1n) is 10.1. The standard InChI is InChI=1S/C24H23ClN4O2/c25-19-5-4-8-22(17-19)28-13-15-29(16-14-28)23(30)18-9-11-21(12-10-18)27-24(31)26-20-6-2-1-3-7-20/h1-12,17H,13-16H2,(H2,26,27,31). The molecule has 3 amide bonds. The number of carbonyl (C=O) groups is 2. The van der Waals surface area contributed by atoms with Gasteiger partial charge in [0.15, 0.2) is 0 Å². The van der Waals surface area contributed by atoms with Crippen molar-refractivity contribution in [3.8, 4) is 0 Å². The van der Waals surface area contributed by atoms with Crippen molar-refractivity contribution in [2.24, 2.45) is 0 Å². The Morgan fingerprint density at radius 1 is 0.742 bits per heavy atom. The molecule has 3 aromatic rings. The van der Waals surface area contributed by atoms with Crippen LogP contribution in [0.1, 0.15) is 10.4 Å². The predicted molar refractivity (Wildman–Crippen MR) is 125 cm³/mol. The molecular formula is C24H23ClN4O2. The smallest absolute Gasteiger partial charge is 0.323 e. The van der Waals surface area contributed by atoms with E-state index in [-0.39, 0.29) is 11.9 Å². The fourth-order valence-corrected chi connectivity index (χ4v) is 3.72. The Kier molecular flexibility index (Phi) is 6.38. The summed E-state index contributed by atoms with van der Waals surface area (Å²) in [5, 5.41) is 6.24. The molecule has 7 heteroatoms. The van der Waals surface area contributed by atoms with Crippen molar-refractivity contribution in [3.05, 3.63) is 89.4 Å². The van der Waals surface area contributed by atoms with Gasteiger partial charge in [-0.15, -0.1) is 0 Å². The van der Waals surface area contributed by atoms with E-state index in [2.05, 4.69) is 15.5 Å². The number of anilines is 3. The van der Waals surface area contributed by atoms with E-state index >= 15 is 0 Å². The van der Waals surface area contributed by atoms with E-state index in [4.69, 9.17) is 11.6 Å². The molecule has 0 aromatic heterocycles. The van der Waals surface area contributed by atoms with E-state index in [9.17, 15) is 9.59 Å². The molecule has 0 bridgehead atoms. The Morgan fingerprint density at radius 3 is 2.03 bits per heavy atom. The minimum Gasteiger partial charge on any atom is -0.368 e. The van der Waals surface area contributed by atoms with Gasteiger partial charge in [0.05, 0.1) is 0 Å². The lowest BCUT2D eigenvalue weighted by atomic mass is 10.1. The molecule has 0 aliphatic carbocycles. The average molecular weight is 435 g/mol. The molecule has 0 saturated carbocycles. The van der Waals surface area contributed by atoms with Gasteiger partial charge in [-0.3, -0.25) is 4.79 Å². The SMILES string of the molecule is O=C(Nc1ccccc1)Nc1ccc(C(=O)N2CCN(c3cccc(Cl)c3)CC2)cc1. The molecule has 6 nitrogen and oxygen atoms in total. The molecule has 3 aromatic carbocycles. The largest absolute Gasteiger partial charge is 0.368 e. The van der Waals surface area contributed by atoms with Gasteiger partial charge in [-0.05, 0) is 54.6 Å². The van der Waals surface area contributed by atoms with E-state index in [1.165, 1.54) is 0 Å². The maximum atomic E-state index is 12.9. The van der Waals surface area contributed by atoms with Crippen molar-refractivity contribution in [1.82, 2.24) is 4.90 Å². The third kappa shape index (κ3) is 5.35. The van der Waals surface area contributed by atoms with Gasteiger partial charge in [-0.25, -0.2) is 4.79 Å². The second-order valence-corrected chi connectivity index (χ2v) is 7.72. The molecular weight excluding hydrogens is 412 g/mol. The highest BCUT2D eigenvalue weighted by molar-refractivity contribution is 6.30. The second-order valence-electron chi connectivity index (χ2n) is 7.28. The second kappa shape index (κ2) is 9.53. The summed E-state index contributed by atoms with van der Waals surface area (Å²) in [6, 6.07) is 23.6. The molecule has 1 aliphatic heterocycles. The van der Waals surface area contributed by atoms with Gasteiger partial charge >= 0.3 is 6.03 Å². The highest BCUT2D eigenvalue weighted by Gasteiger charge is 2.22. The average Bonchev–Trinajstić information content (AvgIpc) is 2.80. The summed E-state index contributed by atoms with van der Waals surface area (Å²) in [5.41, 5.74) is 3.01. The lowest BCUT2D eigenvalue weighted by molar-refractivity contribution is 0.0747. The first kappa shape index (κ1) is 20.8. The lowest BCUT2D eigenvalue weighted by Crippen LogP contribution is -2.48. The summed E-state index contributed by atoms with van der Waals surface area (Å²) in [6.07, 6.45) is 0. The fraction of sp³-hybridized carbons (Fsp3) is 0.167. The van der Waals surface area contributed by atoms with Crippen molar-refractivity contribution in [1.29, 1.82) is 0 Å². The molecule has 1 heterocycles. The minimum absolute atomic E-state index is 0.00830. The maximum Gasteiger partial charge on any atom is 0.323 e. The Bertz CT molecular complexity index is 1050. The van der Waals surface area contributed by atoms with E-state index in [0.717, 1.165) is 18.8 Å². The third-order valence-corrected chi connectivity index (χ3v) is 5.40. The van der Waals surface area contributed by atoms with E-state index < -0.39 is 0 Å². The number of urea groups is 1. The number of carbonyl (C=O) groups excluding carboxylic acids is 2. The summed E-state index contributed by atoms with van der Waals surface area (Å²) in [7, 11) is 0. The highest BCUT2D eigenvalue weighted by Crippen LogP contribution is 2.21. The van der Waals surface area contributed by atoms with Gasteiger partial charge in [0.25, 0.3) is 5.91 Å². The number of para-hydroxylation sites is 1. The van der Waals surface area contributed by atoms with Crippen LogP contribution in [0.4, 0.5) is 21.9 Å². The number of hydrogen-bond acceptors (Lipinski definition) is 3. The van der Waals surface area contributed by atoms with Gasteiger partial charge in [0.2, 0.25) is 0 Å². The van der Waals surface area contributed by atoms with Crippen LogP contribution in [0.25, 0.3) is 0 Å². The number of rotatable bonds is 4. The van der Waals surface area contributed by atoms with Crippen LogP contribution in [0, 0.1) is 0 Å². The molecule has 1 fully saturated rings. The summed E-state index contributed by atoms with van der Waals surface area (Å²) < 4.78 is 0. The topological polar surface area (TPSA) is 64.7 Å². The van der Waals surface area contributed by atoms with Crippen LogP contribution < -0.4 is 15.5 Å². The van der Waals surface area contributed by atoms with E-state index in [1.54, 1.807) is 24.3 Å². The van der Waals surface area contributed by atoms with Gasteiger partial charge in [-0.2, -0.15) is 0 Å². The van der Waals surface area contributed by atoms with Crippen LogP contribution in [-0.4, -0.2) is 43.0 Å². The lowest BCUT2D eigenvalue weighted by Gasteiger charge is -2.36. The first-order chi connectivity index (χ1) is 15.1. The predicted octanol–water partition coefficient (Wildman–Crippen LogP) is 4.95. The summed E-state index contributed by atoms with van der Waals surface area (Å²) in [5.74, 6) is -0.00830. The zero-order chi connectivity index (χ0) is 21.6. The molecule has 0 spiro atoms. The Balaban J connectivity index is 1.31. The normalized spacial score (nSPS) is 13.6. The Morgan fingerprint density at radius 2 is 1.39 bits per heavy atom. The monoisotopic (exact) mass is 434 g/mol. The van der Waals surface area contributed by atoms with Crippen molar-refractivity contribution in [3.63, 3.8) is 0 Å². The van der Waals surface area contributed by atoms with Crippen LogP contribution in [0.2, 0.25) is 5.02 Å². The quantitative estimate of drug-likeness (QED) is 0.610. The zero-order valence-electron chi connectivity index (χ0n) is 16.9. The minimum atomic E-state index is -0.331. The number of hydrogen-bond donors (Lipinski definition) is 2. The van der Waals surface area contributed by atoms with Crippen LogP contribution in [0.3, 0.4) is 0 Å². The fourth-order valence-electron chi connectivity index (χ4n) is 3.53. The molecule has 1 saturated heterocycles. The summed E-state index contributed by atoms with van der Waals surface area (Å²) in [4.78, 5) is 29.0. The first-order valence-corrected chi connectivity index (χ1v) is 10.5. The number of benzene rings is 3. The molecule has 1 aliphatic rings. The van der Waals surface area contributed by atoms with Gasteiger partial charge in [0, 0.05) is 53.8 Å². The van der Waals surface area contributed by atoms with Gasteiger partial charge in [-0.1, -0.05) is 35.9 Å². The van der Waals surface area contributed by atoms with Crippen molar-refractivity contribution in [2.45, 2.75) is 0 Å². The molecule has 158 valence electrons. The molecule has 0 atom stereocenters. The van der Waals surface area contributed by atoms with Crippen LogP contribution in [0.15, 0.2) is 78.9 Å². The third-order valence-electron chi connectivity index (χ3n) is 5.16. The van der Waals surface area contributed by atoms with Gasteiger partial charge in [0.1, 0.15) is 0 Å². The van der Waals surface area contributed by atoms with Crippen molar-refractivity contribution in [2.75, 3.05) is 41.7 Å². The van der Waals surface area contributed by atoms with Crippen molar-refractivity contribution < 1.29 is 9.59 Å². The Hall–Kier alpha value is -3.51. The maximum absolute atomic E-state index is 12.9. The molecule has 31 heavy (non-hydrogen) atoms. The van der Waals surface area contributed by atoms with Crippen LogP contribution in [-0.2, 0) is 0 Å². The van der Waals surface area contributed by atoms with E-state index in [1.807, 2.05) is 59.5 Å². The van der Waals surface area contributed by atoms with Crippen LogP contribution in [0.5, 0.6) is 0 Å². The number of piperazine rings is 1. The van der Waals surface area contributed by atoms with Gasteiger partial charge < -0.3 is 20.4 Å². The number of nitrogens with one attached hydrogen (secondary N) is 2. The highest BCUT2D eigenvalue weighted by atomic mass is 35.5. The molecule has 2 N–H and O–H groups in total. The summed E-state index contributed by atoms with van der Waals surface area (Å²) in [6.45, 7) is 2.80. The van der Waals surface area contributed by atoms with E-state index in [0.29, 0.717) is 35.1 Å². The summed E-state index contributed by atoms with van der Waals surface area (Å²) >= 11 is 6.09. The van der Waals surface area contributed by atoms with Crippen molar-refractivity contribution >= 4 is 40.6 Å². The number of nitrogens with zero attached hydrogens (tertiary/aromatic N) is 2. The molecule has 0 radical (unpaired) electrons. The number of amides is 3. The number of halogens is 1. The molecule has 0 unspecified atom stereocenters. The van der Waals surface area contributed by atoms with Crippen LogP contribution >= 0.6 is 11.6 Å². The Labute approximate surface area is 186 Å². The molecule has 4 rings (SSSR count). The zero-order valence-corrected chi connectivity index (χ0v) is 17.7.